The van der Waals surface area contributed by atoms with E-state index in [9.17, 15) is 0 Å². The molecule has 1 saturated heterocycles. The number of aryl methyl sites for hydroxylation is 2. The number of nitrogens with two attached hydrogens (primary N) is 1. The van der Waals surface area contributed by atoms with E-state index in [4.69, 9.17) is 5.73 Å². The summed E-state index contributed by atoms with van der Waals surface area (Å²) in [6, 6.07) is 6.73. The molecule has 0 amide bonds. The number of hydrogen-bond acceptors (Lipinski definition) is 2. The summed E-state index contributed by atoms with van der Waals surface area (Å²) in [5, 5.41) is 0. The Bertz CT molecular complexity index is 417. The van der Waals surface area contributed by atoms with Crippen LogP contribution in [0.25, 0.3) is 0 Å². The lowest BCUT2D eigenvalue weighted by Gasteiger charge is -2.36. The van der Waals surface area contributed by atoms with Crippen LogP contribution in [0.15, 0.2) is 18.2 Å². The molecule has 1 heterocycles. The number of piperidine rings is 1. The van der Waals surface area contributed by atoms with Crippen molar-refractivity contribution >= 4 is 0 Å². The first-order chi connectivity index (χ1) is 8.95. The van der Waals surface area contributed by atoms with Crippen LogP contribution < -0.4 is 5.73 Å². The quantitative estimate of drug-likeness (QED) is 0.903. The SMILES string of the molecule is Cc1ccc(C)c(C(N)CN2CC(C)CC(C)C2)c1. The molecule has 1 aliphatic rings. The van der Waals surface area contributed by atoms with E-state index in [-0.39, 0.29) is 6.04 Å². The molecular weight excluding hydrogens is 232 g/mol. The smallest absolute Gasteiger partial charge is 0.0427 e. The molecule has 2 nitrogen and oxygen atoms in total. The zero-order valence-corrected chi connectivity index (χ0v) is 12.8. The molecule has 0 spiro atoms. The number of benzene rings is 1. The van der Waals surface area contributed by atoms with E-state index < -0.39 is 0 Å². The summed E-state index contributed by atoms with van der Waals surface area (Å²) in [6.07, 6.45) is 1.36. The largest absolute Gasteiger partial charge is 0.323 e. The fourth-order valence-electron chi connectivity index (χ4n) is 3.48. The lowest BCUT2D eigenvalue weighted by molar-refractivity contribution is 0.134. The fourth-order valence-corrected chi connectivity index (χ4v) is 3.48. The maximum absolute atomic E-state index is 6.44. The van der Waals surface area contributed by atoms with E-state index in [0.29, 0.717) is 0 Å². The van der Waals surface area contributed by atoms with Crippen LogP contribution in [0.1, 0.15) is 43.0 Å². The second-order valence-corrected chi connectivity index (χ2v) is 6.63. The molecule has 0 aliphatic carbocycles. The van der Waals surface area contributed by atoms with Gasteiger partial charge in [0.1, 0.15) is 0 Å². The molecular formula is C17H28N2. The third-order valence-electron chi connectivity index (χ3n) is 4.23. The Morgan fingerprint density at radius 3 is 2.47 bits per heavy atom. The monoisotopic (exact) mass is 260 g/mol. The van der Waals surface area contributed by atoms with Crippen molar-refractivity contribution in [3.05, 3.63) is 34.9 Å². The molecule has 19 heavy (non-hydrogen) atoms. The van der Waals surface area contributed by atoms with Gasteiger partial charge in [0.25, 0.3) is 0 Å². The van der Waals surface area contributed by atoms with Crippen molar-refractivity contribution in [3.63, 3.8) is 0 Å². The number of likely N-dealkylation sites (tertiary alicyclic amines) is 1. The Hall–Kier alpha value is -0.860. The molecule has 1 aromatic rings. The first-order valence-electron chi connectivity index (χ1n) is 7.50. The van der Waals surface area contributed by atoms with E-state index in [2.05, 4.69) is 50.8 Å². The minimum atomic E-state index is 0.136. The van der Waals surface area contributed by atoms with Crippen LogP contribution in [-0.2, 0) is 0 Å². The van der Waals surface area contributed by atoms with E-state index >= 15 is 0 Å². The Morgan fingerprint density at radius 2 is 1.84 bits per heavy atom. The highest BCUT2D eigenvalue weighted by molar-refractivity contribution is 5.33. The van der Waals surface area contributed by atoms with Crippen molar-refractivity contribution in [2.75, 3.05) is 19.6 Å². The summed E-state index contributed by atoms with van der Waals surface area (Å²) in [5.74, 6) is 1.60. The van der Waals surface area contributed by atoms with Crippen LogP contribution in [0.4, 0.5) is 0 Å². The molecule has 106 valence electrons. The van der Waals surface area contributed by atoms with Gasteiger partial charge in [-0.1, -0.05) is 37.6 Å². The second-order valence-electron chi connectivity index (χ2n) is 6.63. The summed E-state index contributed by atoms with van der Waals surface area (Å²) < 4.78 is 0. The number of nitrogens with zero attached hydrogens (tertiary/aromatic N) is 1. The minimum absolute atomic E-state index is 0.136. The van der Waals surface area contributed by atoms with Crippen LogP contribution in [0.2, 0.25) is 0 Å². The maximum atomic E-state index is 6.44. The van der Waals surface area contributed by atoms with Crippen molar-refractivity contribution in [3.8, 4) is 0 Å². The van der Waals surface area contributed by atoms with Crippen molar-refractivity contribution in [2.24, 2.45) is 17.6 Å². The first-order valence-corrected chi connectivity index (χ1v) is 7.50. The molecule has 0 radical (unpaired) electrons. The van der Waals surface area contributed by atoms with Gasteiger partial charge in [-0.3, -0.25) is 0 Å². The molecule has 0 bridgehead atoms. The molecule has 2 N–H and O–H groups in total. The van der Waals surface area contributed by atoms with Crippen molar-refractivity contribution < 1.29 is 0 Å². The van der Waals surface area contributed by atoms with Crippen molar-refractivity contribution in [1.82, 2.24) is 4.90 Å². The van der Waals surface area contributed by atoms with Crippen LogP contribution in [0.5, 0.6) is 0 Å². The highest BCUT2D eigenvalue weighted by Crippen LogP contribution is 2.24. The normalized spacial score (nSPS) is 26.4. The van der Waals surface area contributed by atoms with Gasteiger partial charge in [0.2, 0.25) is 0 Å². The average Bonchev–Trinajstić information content (AvgIpc) is 2.30. The third kappa shape index (κ3) is 3.80. The lowest BCUT2D eigenvalue weighted by atomic mass is 9.91. The molecule has 3 unspecified atom stereocenters. The Labute approximate surface area is 118 Å². The van der Waals surface area contributed by atoms with Gasteiger partial charge in [-0.05, 0) is 43.2 Å². The average molecular weight is 260 g/mol. The Balaban J connectivity index is 2.04. The summed E-state index contributed by atoms with van der Waals surface area (Å²) in [6.45, 7) is 12.4. The minimum Gasteiger partial charge on any atom is -0.323 e. The predicted octanol–water partition coefficient (Wildman–Crippen LogP) is 3.28. The topological polar surface area (TPSA) is 29.3 Å². The molecule has 1 aromatic carbocycles. The van der Waals surface area contributed by atoms with Gasteiger partial charge < -0.3 is 10.6 Å². The zero-order valence-electron chi connectivity index (χ0n) is 12.8. The van der Waals surface area contributed by atoms with Gasteiger partial charge in [-0.2, -0.15) is 0 Å². The highest BCUT2D eigenvalue weighted by Gasteiger charge is 2.23. The van der Waals surface area contributed by atoms with Crippen molar-refractivity contribution in [2.45, 2.75) is 40.2 Å². The maximum Gasteiger partial charge on any atom is 0.0427 e. The van der Waals surface area contributed by atoms with Crippen molar-refractivity contribution in [1.29, 1.82) is 0 Å². The lowest BCUT2D eigenvalue weighted by Crippen LogP contribution is -2.42. The zero-order chi connectivity index (χ0) is 14.0. The van der Waals surface area contributed by atoms with E-state index in [1.165, 1.54) is 36.2 Å². The number of hydrogen-bond donors (Lipinski definition) is 1. The summed E-state index contributed by atoms with van der Waals surface area (Å²) >= 11 is 0. The van der Waals surface area contributed by atoms with Gasteiger partial charge in [0.15, 0.2) is 0 Å². The summed E-state index contributed by atoms with van der Waals surface area (Å²) in [4.78, 5) is 2.55. The van der Waals surface area contributed by atoms with Gasteiger partial charge in [0.05, 0.1) is 0 Å². The summed E-state index contributed by atoms with van der Waals surface area (Å²) in [7, 11) is 0. The molecule has 2 heteroatoms. The van der Waals surface area contributed by atoms with Crippen LogP contribution in [0, 0.1) is 25.7 Å². The van der Waals surface area contributed by atoms with Gasteiger partial charge >= 0.3 is 0 Å². The van der Waals surface area contributed by atoms with Gasteiger partial charge in [0, 0.05) is 25.7 Å². The Morgan fingerprint density at radius 1 is 1.21 bits per heavy atom. The van der Waals surface area contributed by atoms with Crippen LogP contribution in [-0.4, -0.2) is 24.5 Å². The standard InChI is InChI=1S/C17H28N2/c1-12-5-6-15(4)16(8-12)17(18)11-19-9-13(2)7-14(3)10-19/h5-6,8,13-14,17H,7,9-11,18H2,1-4H3. The predicted molar refractivity (Wildman–Crippen MR) is 82.2 cm³/mol. The van der Waals surface area contributed by atoms with Crippen LogP contribution in [0.3, 0.4) is 0 Å². The molecule has 1 fully saturated rings. The molecule has 3 atom stereocenters. The van der Waals surface area contributed by atoms with Crippen LogP contribution >= 0.6 is 0 Å². The summed E-state index contributed by atoms with van der Waals surface area (Å²) in [5.41, 5.74) is 10.4. The van der Waals surface area contributed by atoms with E-state index in [1.54, 1.807) is 0 Å². The van der Waals surface area contributed by atoms with E-state index in [0.717, 1.165) is 18.4 Å². The molecule has 0 saturated carbocycles. The third-order valence-corrected chi connectivity index (χ3v) is 4.23. The van der Waals surface area contributed by atoms with Gasteiger partial charge in [-0.25, -0.2) is 0 Å². The molecule has 2 rings (SSSR count). The second kappa shape index (κ2) is 6.06. The van der Waals surface area contributed by atoms with E-state index in [1.807, 2.05) is 0 Å². The first kappa shape index (κ1) is 14.5. The molecule has 0 aromatic heterocycles. The van der Waals surface area contributed by atoms with Gasteiger partial charge in [-0.15, -0.1) is 0 Å². The number of rotatable bonds is 3. The fraction of sp³-hybridized carbons (Fsp3) is 0.647. The molecule has 1 aliphatic heterocycles. The highest BCUT2D eigenvalue weighted by atomic mass is 15.1. The Kier molecular flexibility index (Phi) is 4.64.